The SMILES string of the molecule is CCCCCCCCCCCCCCCCCC(=O)OC(CC)C(CP(=O)=O)OC(C)=O. The first kappa shape index (κ1) is 30.8. The summed E-state index contributed by atoms with van der Waals surface area (Å²) in [6, 6.07) is 0. The second kappa shape index (κ2) is 21.7. The van der Waals surface area contributed by atoms with Crippen molar-refractivity contribution in [3.63, 3.8) is 0 Å². The molecule has 0 aliphatic carbocycles. The summed E-state index contributed by atoms with van der Waals surface area (Å²) >= 11 is 0. The zero-order valence-electron chi connectivity index (χ0n) is 20.8. The third kappa shape index (κ3) is 19.5. The Balaban J connectivity index is 3.74. The van der Waals surface area contributed by atoms with Crippen LogP contribution in [0.4, 0.5) is 0 Å². The molecule has 0 saturated heterocycles. The fraction of sp³-hybridized carbons (Fsp3) is 0.920. The second-order valence-corrected chi connectivity index (χ2v) is 9.83. The topological polar surface area (TPSA) is 86.7 Å². The van der Waals surface area contributed by atoms with Crippen molar-refractivity contribution in [2.24, 2.45) is 0 Å². The first-order chi connectivity index (χ1) is 15.4. The van der Waals surface area contributed by atoms with Gasteiger partial charge in [-0.2, -0.15) is 0 Å². The van der Waals surface area contributed by atoms with Gasteiger partial charge in [-0.25, -0.2) is 9.13 Å². The number of hydrogen-bond acceptors (Lipinski definition) is 6. The van der Waals surface area contributed by atoms with Crippen LogP contribution in [0.2, 0.25) is 0 Å². The van der Waals surface area contributed by atoms with Crippen molar-refractivity contribution in [3.05, 3.63) is 0 Å². The molecule has 0 aromatic heterocycles. The second-order valence-electron chi connectivity index (χ2n) is 8.80. The molecular formula is C25H47O6P. The van der Waals surface area contributed by atoms with Gasteiger partial charge in [-0.1, -0.05) is 104 Å². The van der Waals surface area contributed by atoms with Crippen molar-refractivity contribution < 1.29 is 28.2 Å². The number of carbonyl (C=O) groups excluding carboxylic acids is 2. The van der Waals surface area contributed by atoms with Crippen molar-refractivity contribution >= 4 is 19.6 Å². The van der Waals surface area contributed by atoms with Crippen LogP contribution in [0.25, 0.3) is 0 Å². The molecule has 0 saturated carbocycles. The van der Waals surface area contributed by atoms with Crippen molar-refractivity contribution in [3.8, 4) is 0 Å². The van der Waals surface area contributed by atoms with Gasteiger partial charge < -0.3 is 9.47 Å². The van der Waals surface area contributed by atoms with Crippen LogP contribution in [-0.4, -0.2) is 30.3 Å². The summed E-state index contributed by atoms with van der Waals surface area (Å²) in [5.41, 5.74) is 0. The van der Waals surface area contributed by atoms with Gasteiger partial charge in [0.05, 0.1) is 6.16 Å². The molecule has 0 rings (SSSR count). The normalized spacial score (nSPS) is 12.8. The highest BCUT2D eigenvalue weighted by Gasteiger charge is 2.28. The van der Waals surface area contributed by atoms with Gasteiger partial charge in [0, 0.05) is 13.3 Å². The Labute approximate surface area is 196 Å². The Morgan fingerprint density at radius 2 is 1.09 bits per heavy atom. The lowest BCUT2D eigenvalue weighted by Crippen LogP contribution is -2.36. The summed E-state index contributed by atoms with van der Waals surface area (Å²) in [4.78, 5) is 23.3. The molecule has 0 aromatic rings. The highest BCUT2D eigenvalue weighted by Crippen LogP contribution is 2.18. The number of ether oxygens (including phenoxy) is 2. The van der Waals surface area contributed by atoms with Gasteiger partial charge in [-0.05, 0) is 12.8 Å². The summed E-state index contributed by atoms with van der Waals surface area (Å²) in [6.45, 7) is 5.25. The molecule has 0 radical (unpaired) electrons. The van der Waals surface area contributed by atoms with E-state index in [0.717, 1.165) is 19.3 Å². The summed E-state index contributed by atoms with van der Waals surface area (Å²) in [5.74, 6) is -0.937. The summed E-state index contributed by atoms with van der Waals surface area (Å²) in [6.07, 6.45) is 17.7. The predicted molar refractivity (Wildman–Crippen MR) is 128 cm³/mol. The van der Waals surface area contributed by atoms with Gasteiger partial charge in [0.2, 0.25) is 0 Å². The maximum atomic E-state index is 12.1. The van der Waals surface area contributed by atoms with Gasteiger partial charge in [0.15, 0.2) is 6.10 Å². The fourth-order valence-electron chi connectivity index (χ4n) is 3.88. The molecule has 0 spiro atoms. The van der Waals surface area contributed by atoms with Gasteiger partial charge in [-0.3, -0.25) is 9.59 Å². The monoisotopic (exact) mass is 474 g/mol. The maximum Gasteiger partial charge on any atom is 0.319 e. The molecule has 32 heavy (non-hydrogen) atoms. The lowest BCUT2D eigenvalue weighted by Gasteiger charge is -2.24. The van der Waals surface area contributed by atoms with Crippen LogP contribution in [0.1, 0.15) is 130 Å². The van der Waals surface area contributed by atoms with E-state index in [1.165, 1.54) is 84.0 Å². The van der Waals surface area contributed by atoms with E-state index in [2.05, 4.69) is 6.92 Å². The van der Waals surface area contributed by atoms with Crippen molar-refractivity contribution in [2.75, 3.05) is 6.16 Å². The Hall–Kier alpha value is -1.16. The Morgan fingerprint density at radius 1 is 0.656 bits per heavy atom. The van der Waals surface area contributed by atoms with E-state index >= 15 is 0 Å². The fourth-order valence-corrected chi connectivity index (χ4v) is 4.48. The van der Waals surface area contributed by atoms with Crippen molar-refractivity contribution in [1.82, 2.24) is 0 Å². The van der Waals surface area contributed by atoms with Crippen LogP contribution in [0.3, 0.4) is 0 Å². The van der Waals surface area contributed by atoms with Gasteiger partial charge in [0.25, 0.3) is 0 Å². The number of rotatable bonds is 22. The number of hydrogen-bond donors (Lipinski definition) is 0. The van der Waals surface area contributed by atoms with Crippen LogP contribution >= 0.6 is 7.68 Å². The minimum Gasteiger partial charge on any atom is -0.458 e. The molecule has 2 atom stereocenters. The molecule has 0 aromatic carbocycles. The average molecular weight is 475 g/mol. The maximum absolute atomic E-state index is 12.1. The minimum atomic E-state index is -2.73. The van der Waals surface area contributed by atoms with Crippen LogP contribution in [0.5, 0.6) is 0 Å². The standard InChI is InChI=1S/C25H47O6P/c1-4-6-7-8-9-10-11-12-13-14-15-16-17-18-19-20-25(27)31-23(5-2)24(21-32(28)29)30-22(3)26/h23-24H,4-21H2,1-3H3. The molecule has 0 aliphatic heterocycles. The molecular weight excluding hydrogens is 427 g/mol. The highest BCUT2D eigenvalue weighted by atomic mass is 31.1. The molecule has 2 unspecified atom stereocenters. The predicted octanol–water partition coefficient (Wildman–Crippen LogP) is 7.67. The van der Waals surface area contributed by atoms with E-state index in [-0.39, 0.29) is 12.1 Å². The lowest BCUT2D eigenvalue weighted by atomic mass is 10.0. The first-order valence-electron chi connectivity index (χ1n) is 12.9. The lowest BCUT2D eigenvalue weighted by molar-refractivity contribution is -0.165. The van der Waals surface area contributed by atoms with E-state index in [9.17, 15) is 18.7 Å². The number of carbonyl (C=O) groups is 2. The molecule has 0 aliphatic rings. The van der Waals surface area contributed by atoms with Crippen molar-refractivity contribution in [1.29, 1.82) is 0 Å². The van der Waals surface area contributed by atoms with Crippen LogP contribution in [0, 0.1) is 0 Å². The zero-order chi connectivity index (χ0) is 24.0. The average Bonchev–Trinajstić information content (AvgIpc) is 2.73. The summed E-state index contributed by atoms with van der Waals surface area (Å²) < 4.78 is 32.5. The first-order valence-corrected chi connectivity index (χ1v) is 14.2. The molecule has 188 valence electrons. The van der Waals surface area contributed by atoms with Gasteiger partial charge in [0.1, 0.15) is 6.10 Å². The zero-order valence-corrected chi connectivity index (χ0v) is 21.7. The van der Waals surface area contributed by atoms with E-state index in [1.807, 2.05) is 0 Å². The molecule has 0 heterocycles. The number of unbranched alkanes of at least 4 members (excludes halogenated alkanes) is 14. The molecule has 6 nitrogen and oxygen atoms in total. The summed E-state index contributed by atoms with van der Waals surface area (Å²) in [7, 11) is -2.73. The molecule has 0 fully saturated rings. The molecule has 0 amide bonds. The quantitative estimate of drug-likeness (QED) is 0.0908. The van der Waals surface area contributed by atoms with E-state index in [0.29, 0.717) is 12.8 Å². The van der Waals surface area contributed by atoms with Crippen molar-refractivity contribution in [2.45, 2.75) is 142 Å². The molecule has 0 bridgehead atoms. The Kier molecular flexibility index (Phi) is 20.9. The third-order valence-corrected chi connectivity index (χ3v) is 6.39. The van der Waals surface area contributed by atoms with E-state index in [1.54, 1.807) is 6.92 Å². The van der Waals surface area contributed by atoms with Crippen LogP contribution < -0.4 is 0 Å². The van der Waals surface area contributed by atoms with E-state index in [4.69, 9.17) is 9.47 Å². The van der Waals surface area contributed by atoms with E-state index < -0.39 is 25.9 Å². The molecule has 7 heteroatoms. The van der Waals surface area contributed by atoms with Gasteiger partial charge in [-0.15, -0.1) is 0 Å². The van der Waals surface area contributed by atoms with Crippen LogP contribution in [-0.2, 0) is 28.2 Å². The Morgan fingerprint density at radius 3 is 1.47 bits per heavy atom. The van der Waals surface area contributed by atoms with Gasteiger partial charge >= 0.3 is 19.6 Å². The Bertz CT molecular complexity index is 539. The third-order valence-electron chi connectivity index (χ3n) is 5.73. The highest BCUT2D eigenvalue weighted by molar-refractivity contribution is 7.30. The molecule has 0 N–H and O–H groups in total. The van der Waals surface area contributed by atoms with Crippen LogP contribution in [0.15, 0.2) is 0 Å². The summed E-state index contributed by atoms with van der Waals surface area (Å²) in [5, 5.41) is 0. The number of esters is 2. The smallest absolute Gasteiger partial charge is 0.319 e. The largest absolute Gasteiger partial charge is 0.458 e. The minimum absolute atomic E-state index is 0.311.